The third-order valence-corrected chi connectivity index (χ3v) is 6.22. The largest absolute Gasteiger partial charge is 0.481 e. The summed E-state index contributed by atoms with van der Waals surface area (Å²) in [6.07, 6.45) is 4.33. The predicted octanol–water partition coefficient (Wildman–Crippen LogP) is 4.56. The van der Waals surface area contributed by atoms with Gasteiger partial charge in [-0.3, -0.25) is 9.59 Å². The van der Waals surface area contributed by atoms with Gasteiger partial charge >= 0.3 is 5.97 Å². The number of benzene rings is 1. The lowest BCUT2D eigenvalue weighted by Crippen LogP contribution is -2.37. The van der Waals surface area contributed by atoms with Crippen molar-refractivity contribution in [3.63, 3.8) is 0 Å². The van der Waals surface area contributed by atoms with E-state index in [2.05, 4.69) is 9.97 Å². The van der Waals surface area contributed by atoms with Gasteiger partial charge in [0.25, 0.3) is 5.91 Å². The summed E-state index contributed by atoms with van der Waals surface area (Å²) in [5, 5.41) is 18.8. The number of aliphatic hydroxyl groups excluding tert-OH is 1. The average Bonchev–Trinajstić information content (AvgIpc) is 2.72. The fourth-order valence-electron chi connectivity index (χ4n) is 4.10. The molecule has 1 aliphatic rings. The third kappa shape index (κ3) is 5.93. The number of aliphatic hydroxyl groups is 1. The molecule has 1 unspecified atom stereocenters. The fourth-order valence-corrected chi connectivity index (χ4v) is 4.58. The van der Waals surface area contributed by atoms with Crippen molar-refractivity contribution in [3.05, 3.63) is 52.0 Å². The second-order valence-electron chi connectivity index (χ2n) is 8.00. The summed E-state index contributed by atoms with van der Waals surface area (Å²) in [5.41, 5.74) is 1.75. The first-order chi connectivity index (χ1) is 14.8. The van der Waals surface area contributed by atoms with Gasteiger partial charge in [-0.2, -0.15) is 0 Å². The van der Waals surface area contributed by atoms with Gasteiger partial charge in [0.15, 0.2) is 0 Å². The number of amides is 1. The maximum atomic E-state index is 13.2. The standard InChI is InChI=1S/C22H25Cl2N3O4/c1-13(28)11-27(22(31)19-20(23)25-12-26-21(19)24)17-8-6-16(7-9-17)15-4-2-14(3-5-15)10-18(29)30/h6-9,12-15,28H,2-5,10-11H2,1H3,(H,29,30)/t13?,14-,15-. The quantitative estimate of drug-likeness (QED) is 0.580. The highest BCUT2D eigenvalue weighted by Crippen LogP contribution is 2.37. The molecule has 1 atom stereocenters. The number of nitrogens with zero attached hydrogens (tertiary/aromatic N) is 3. The molecule has 3 rings (SSSR count). The number of aliphatic carboxylic acids is 1. The van der Waals surface area contributed by atoms with Gasteiger partial charge in [-0.25, -0.2) is 9.97 Å². The molecule has 31 heavy (non-hydrogen) atoms. The molecule has 7 nitrogen and oxygen atoms in total. The monoisotopic (exact) mass is 465 g/mol. The van der Waals surface area contributed by atoms with E-state index in [1.165, 1.54) is 11.2 Å². The van der Waals surface area contributed by atoms with Crippen LogP contribution in [0, 0.1) is 5.92 Å². The van der Waals surface area contributed by atoms with Crippen LogP contribution in [0.15, 0.2) is 30.6 Å². The summed E-state index contributed by atoms with van der Waals surface area (Å²) in [6, 6.07) is 7.63. The number of hydrogen-bond acceptors (Lipinski definition) is 5. The van der Waals surface area contributed by atoms with Crippen molar-refractivity contribution in [2.45, 2.75) is 51.0 Å². The number of anilines is 1. The maximum absolute atomic E-state index is 13.2. The van der Waals surface area contributed by atoms with Crippen molar-refractivity contribution >= 4 is 40.8 Å². The molecule has 0 spiro atoms. The van der Waals surface area contributed by atoms with E-state index in [4.69, 9.17) is 28.3 Å². The van der Waals surface area contributed by atoms with Crippen LogP contribution in [0.1, 0.15) is 60.9 Å². The summed E-state index contributed by atoms with van der Waals surface area (Å²) in [5.74, 6) is -0.612. The van der Waals surface area contributed by atoms with E-state index in [0.29, 0.717) is 11.6 Å². The first kappa shape index (κ1) is 23.4. The molecule has 1 heterocycles. The van der Waals surface area contributed by atoms with Crippen LogP contribution in [0.3, 0.4) is 0 Å². The Balaban J connectivity index is 1.77. The topological polar surface area (TPSA) is 104 Å². The van der Waals surface area contributed by atoms with Crippen molar-refractivity contribution in [2.24, 2.45) is 5.92 Å². The van der Waals surface area contributed by atoms with Crippen LogP contribution in [-0.2, 0) is 4.79 Å². The average molecular weight is 466 g/mol. The Hall–Kier alpha value is -2.22. The zero-order valence-electron chi connectivity index (χ0n) is 17.2. The number of carboxylic acids is 1. The second-order valence-corrected chi connectivity index (χ2v) is 8.72. The fraction of sp³-hybridized carbons (Fsp3) is 0.455. The van der Waals surface area contributed by atoms with Crippen molar-refractivity contribution in [1.82, 2.24) is 9.97 Å². The van der Waals surface area contributed by atoms with Gasteiger partial charge in [-0.15, -0.1) is 0 Å². The molecule has 2 N–H and O–H groups in total. The van der Waals surface area contributed by atoms with Crippen LogP contribution in [-0.4, -0.2) is 44.7 Å². The minimum atomic E-state index is -0.768. The molecule has 9 heteroatoms. The van der Waals surface area contributed by atoms with Gasteiger partial charge in [-0.05, 0) is 62.1 Å². The van der Waals surface area contributed by atoms with E-state index in [1.54, 1.807) is 6.92 Å². The van der Waals surface area contributed by atoms with Crippen LogP contribution in [0.25, 0.3) is 0 Å². The first-order valence-electron chi connectivity index (χ1n) is 10.2. The highest BCUT2D eigenvalue weighted by molar-refractivity contribution is 6.39. The zero-order valence-corrected chi connectivity index (χ0v) is 18.7. The van der Waals surface area contributed by atoms with E-state index < -0.39 is 18.0 Å². The molecule has 1 saturated carbocycles. The highest BCUT2D eigenvalue weighted by atomic mass is 35.5. The maximum Gasteiger partial charge on any atom is 0.303 e. The molecule has 1 amide bonds. The van der Waals surface area contributed by atoms with Gasteiger partial charge in [0, 0.05) is 12.1 Å². The second kappa shape index (κ2) is 10.4. The summed E-state index contributed by atoms with van der Waals surface area (Å²) in [7, 11) is 0. The molecular weight excluding hydrogens is 441 g/mol. The molecule has 1 aromatic heterocycles. The third-order valence-electron chi connectivity index (χ3n) is 5.65. The van der Waals surface area contributed by atoms with Crippen molar-refractivity contribution in [2.75, 3.05) is 11.4 Å². The van der Waals surface area contributed by atoms with E-state index in [1.807, 2.05) is 24.3 Å². The zero-order chi connectivity index (χ0) is 22.5. The van der Waals surface area contributed by atoms with E-state index in [0.717, 1.165) is 31.2 Å². The first-order valence-corrected chi connectivity index (χ1v) is 11.0. The van der Waals surface area contributed by atoms with Crippen LogP contribution >= 0.6 is 23.2 Å². The predicted molar refractivity (Wildman–Crippen MR) is 119 cm³/mol. The lowest BCUT2D eigenvalue weighted by atomic mass is 9.77. The van der Waals surface area contributed by atoms with Gasteiger partial charge < -0.3 is 15.1 Å². The van der Waals surface area contributed by atoms with Gasteiger partial charge in [0.1, 0.15) is 22.2 Å². The molecule has 1 aromatic carbocycles. The summed E-state index contributed by atoms with van der Waals surface area (Å²) >= 11 is 12.2. The minimum absolute atomic E-state index is 0.00712. The Labute approximate surface area is 191 Å². The number of hydrogen-bond donors (Lipinski definition) is 2. The van der Waals surface area contributed by atoms with Crippen LogP contribution < -0.4 is 4.90 Å². The van der Waals surface area contributed by atoms with Gasteiger partial charge in [0.2, 0.25) is 0 Å². The lowest BCUT2D eigenvalue weighted by molar-refractivity contribution is -0.138. The Morgan fingerprint density at radius 3 is 2.19 bits per heavy atom. The highest BCUT2D eigenvalue weighted by Gasteiger charge is 2.27. The van der Waals surface area contributed by atoms with Crippen LogP contribution in [0.5, 0.6) is 0 Å². The summed E-state index contributed by atoms with van der Waals surface area (Å²) in [6.45, 7) is 1.65. The Bertz CT molecular complexity index is 909. The number of carboxylic acid groups (broad SMARTS) is 1. The number of halogens is 2. The SMILES string of the molecule is CC(O)CN(C(=O)c1c(Cl)ncnc1Cl)c1ccc([C@H]2CC[C@H](CC(=O)O)CC2)cc1. The van der Waals surface area contributed by atoms with Gasteiger partial charge in [0.05, 0.1) is 12.6 Å². The van der Waals surface area contributed by atoms with Crippen LogP contribution in [0.4, 0.5) is 5.69 Å². The van der Waals surface area contributed by atoms with E-state index in [9.17, 15) is 14.7 Å². The molecular formula is C22H25Cl2N3O4. The number of carbonyl (C=O) groups excluding carboxylic acids is 1. The number of carbonyl (C=O) groups is 2. The molecule has 0 bridgehead atoms. The molecule has 1 aliphatic carbocycles. The van der Waals surface area contributed by atoms with Crippen molar-refractivity contribution in [3.8, 4) is 0 Å². The molecule has 1 fully saturated rings. The Morgan fingerprint density at radius 1 is 1.10 bits per heavy atom. The van der Waals surface area contributed by atoms with Crippen LogP contribution in [0.2, 0.25) is 10.3 Å². The van der Waals surface area contributed by atoms with E-state index in [-0.39, 0.29) is 34.8 Å². The van der Waals surface area contributed by atoms with Gasteiger partial charge in [-0.1, -0.05) is 35.3 Å². The molecule has 0 aliphatic heterocycles. The Morgan fingerprint density at radius 2 is 1.68 bits per heavy atom. The minimum Gasteiger partial charge on any atom is -0.481 e. The molecule has 2 aromatic rings. The van der Waals surface area contributed by atoms with Crippen molar-refractivity contribution in [1.29, 1.82) is 0 Å². The van der Waals surface area contributed by atoms with Crippen molar-refractivity contribution < 1.29 is 19.8 Å². The van der Waals surface area contributed by atoms with E-state index >= 15 is 0 Å². The molecule has 0 radical (unpaired) electrons. The normalized spacial score (nSPS) is 19.6. The molecule has 166 valence electrons. The molecule has 0 saturated heterocycles. The Kier molecular flexibility index (Phi) is 7.86. The number of aromatic nitrogens is 2. The lowest BCUT2D eigenvalue weighted by Gasteiger charge is -2.29. The number of rotatable bonds is 7. The summed E-state index contributed by atoms with van der Waals surface area (Å²) < 4.78 is 0. The summed E-state index contributed by atoms with van der Waals surface area (Å²) in [4.78, 5) is 33.2. The smallest absolute Gasteiger partial charge is 0.303 e.